The molecule has 146 valence electrons. The van der Waals surface area contributed by atoms with E-state index in [4.69, 9.17) is 4.74 Å². The van der Waals surface area contributed by atoms with Gasteiger partial charge in [-0.2, -0.15) is 0 Å². The van der Waals surface area contributed by atoms with Crippen molar-refractivity contribution >= 4 is 23.8 Å². The molecular weight excluding hydrogens is 354 g/mol. The maximum Gasteiger partial charge on any atom is 0.266 e. The van der Waals surface area contributed by atoms with E-state index < -0.39 is 5.92 Å². The van der Waals surface area contributed by atoms with Gasteiger partial charge < -0.3 is 4.74 Å². The highest BCUT2D eigenvalue weighted by Gasteiger charge is 2.39. The van der Waals surface area contributed by atoms with E-state index >= 15 is 0 Å². The van der Waals surface area contributed by atoms with Crippen molar-refractivity contribution < 1.29 is 14.3 Å². The van der Waals surface area contributed by atoms with E-state index in [-0.39, 0.29) is 11.8 Å². The van der Waals surface area contributed by atoms with Crippen LogP contribution in [0.15, 0.2) is 53.7 Å². The Morgan fingerprint density at radius 3 is 2.71 bits per heavy atom. The number of hydrogen-bond donors (Lipinski definition) is 0. The summed E-state index contributed by atoms with van der Waals surface area (Å²) < 4.78 is 5.55. The molecule has 6 heteroatoms. The lowest BCUT2D eigenvalue weighted by Gasteiger charge is -2.30. The topological polar surface area (TPSA) is 71.9 Å². The first-order valence-electron chi connectivity index (χ1n) is 9.55. The summed E-state index contributed by atoms with van der Waals surface area (Å²) in [6.07, 6.45) is 4.00. The normalized spacial score (nSPS) is 16.8. The molecule has 1 unspecified atom stereocenters. The van der Waals surface area contributed by atoms with Crippen molar-refractivity contribution in [1.29, 1.82) is 0 Å². The van der Waals surface area contributed by atoms with E-state index in [1.54, 1.807) is 42.7 Å². The van der Waals surface area contributed by atoms with Crippen molar-refractivity contribution in [3.63, 3.8) is 0 Å². The van der Waals surface area contributed by atoms with E-state index in [1.165, 1.54) is 0 Å². The van der Waals surface area contributed by atoms with Crippen molar-refractivity contribution in [2.45, 2.75) is 26.2 Å². The number of aromatic nitrogens is 1. The van der Waals surface area contributed by atoms with Gasteiger partial charge in [0.25, 0.3) is 5.91 Å². The molecule has 0 bridgehead atoms. The Balaban J connectivity index is 1.76. The number of anilines is 1. The number of pyridine rings is 1. The molecule has 0 fully saturated rings. The fourth-order valence-electron chi connectivity index (χ4n) is 3.06. The average Bonchev–Trinajstić information content (AvgIpc) is 2.70. The Kier molecular flexibility index (Phi) is 6.66. The van der Waals surface area contributed by atoms with Gasteiger partial charge in [-0.3, -0.25) is 14.6 Å². The number of rotatable bonds is 8. The van der Waals surface area contributed by atoms with Gasteiger partial charge >= 0.3 is 0 Å². The number of carbonyl (C=O) groups is 2. The zero-order chi connectivity index (χ0) is 19.9. The number of aliphatic imine (C=N–C) groups is 1. The third-order valence-electron chi connectivity index (χ3n) is 4.38. The Hall–Kier alpha value is -2.86. The first-order valence-corrected chi connectivity index (χ1v) is 9.55. The van der Waals surface area contributed by atoms with Crippen LogP contribution in [0.2, 0.25) is 0 Å². The van der Waals surface area contributed by atoms with Crippen molar-refractivity contribution in [1.82, 2.24) is 4.98 Å². The van der Waals surface area contributed by atoms with Crippen molar-refractivity contribution in [2.24, 2.45) is 10.9 Å². The van der Waals surface area contributed by atoms with Crippen LogP contribution in [-0.2, 0) is 9.53 Å². The second kappa shape index (κ2) is 9.37. The van der Waals surface area contributed by atoms with Gasteiger partial charge in [-0.15, -0.1) is 0 Å². The lowest BCUT2D eigenvalue weighted by molar-refractivity contribution is -0.118. The molecule has 1 aliphatic heterocycles. The van der Waals surface area contributed by atoms with E-state index in [1.807, 2.05) is 12.1 Å². The molecule has 2 heterocycles. The third kappa shape index (κ3) is 4.51. The summed E-state index contributed by atoms with van der Waals surface area (Å²) in [5, 5.41) is 0. The maximum absolute atomic E-state index is 13.1. The van der Waals surface area contributed by atoms with Crippen LogP contribution in [-0.4, -0.2) is 42.8 Å². The minimum absolute atomic E-state index is 0.326. The fourth-order valence-corrected chi connectivity index (χ4v) is 3.06. The van der Waals surface area contributed by atoms with Gasteiger partial charge in [0.2, 0.25) is 5.91 Å². The molecule has 1 aromatic carbocycles. The highest BCUT2D eigenvalue weighted by Crippen LogP contribution is 2.30. The molecule has 28 heavy (non-hydrogen) atoms. The Morgan fingerprint density at radius 1 is 1.18 bits per heavy atom. The van der Waals surface area contributed by atoms with Gasteiger partial charge in [0.15, 0.2) is 0 Å². The Bertz CT molecular complexity index is 849. The summed E-state index contributed by atoms with van der Waals surface area (Å²) in [6, 6.07) is 12.3. The van der Waals surface area contributed by atoms with E-state index in [0.29, 0.717) is 36.0 Å². The summed E-state index contributed by atoms with van der Waals surface area (Å²) in [5.74, 6) is -0.455. The molecule has 6 nitrogen and oxygen atoms in total. The van der Waals surface area contributed by atoms with Gasteiger partial charge in [0, 0.05) is 37.7 Å². The minimum Gasteiger partial charge on any atom is -0.381 e. The second-order valence-corrected chi connectivity index (χ2v) is 7.11. The fraction of sp³-hybridized carbons (Fsp3) is 0.364. The standard InChI is InChI=1S/C22H25N3O3/c1-16(2)15-28-13-7-11-23-14-19-17-8-3-4-9-18(17)21(26)25(22(19)27)20-10-5-6-12-24-20/h3-6,8-10,12,14,16,19H,7,11,13,15H2,1-2H3. The monoisotopic (exact) mass is 379 g/mol. The van der Waals surface area contributed by atoms with Gasteiger partial charge in [0.05, 0.1) is 5.92 Å². The highest BCUT2D eigenvalue weighted by molar-refractivity contribution is 6.28. The molecular formula is C22H25N3O3. The number of benzene rings is 1. The SMILES string of the molecule is CC(C)COCCCN=CC1C(=O)N(c2ccccn2)C(=O)c2ccccc21. The zero-order valence-corrected chi connectivity index (χ0v) is 16.2. The van der Waals surface area contributed by atoms with Crippen molar-refractivity contribution in [3.8, 4) is 0 Å². The summed E-state index contributed by atoms with van der Waals surface area (Å²) in [7, 11) is 0. The first-order chi connectivity index (χ1) is 13.6. The van der Waals surface area contributed by atoms with E-state index in [2.05, 4.69) is 23.8 Å². The van der Waals surface area contributed by atoms with Crippen LogP contribution in [0.1, 0.15) is 42.1 Å². The number of nitrogens with zero attached hydrogens (tertiary/aromatic N) is 3. The number of carbonyl (C=O) groups excluding carboxylic acids is 2. The van der Waals surface area contributed by atoms with Crippen molar-refractivity contribution in [3.05, 3.63) is 59.8 Å². The smallest absolute Gasteiger partial charge is 0.266 e. The predicted molar refractivity (Wildman–Crippen MR) is 109 cm³/mol. The van der Waals surface area contributed by atoms with Gasteiger partial charge in [-0.05, 0) is 36.1 Å². The van der Waals surface area contributed by atoms with Gasteiger partial charge in [-0.25, -0.2) is 9.88 Å². The third-order valence-corrected chi connectivity index (χ3v) is 4.38. The van der Waals surface area contributed by atoms with Crippen LogP contribution in [0, 0.1) is 5.92 Å². The lowest BCUT2D eigenvalue weighted by atomic mass is 9.89. The number of ether oxygens (including phenoxy) is 1. The van der Waals surface area contributed by atoms with Crippen LogP contribution >= 0.6 is 0 Å². The maximum atomic E-state index is 13.1. The molecule has 1 atom stereocenters. The largest absolute Gasteiger partial charge is 0.381 e. The lowest BCUT2D eigenvalue weighted by Crippen LogP contribution is -2.45. The number of hydrogen-bond acceptors (Lipinski definition) is 5. The Morgan fingerprint density at radius 2 is 1.96 bits per heavy atom. The molecule has 2 amide bonds. The van der Waals surface area contributed by atoms with E-state index in [0.717, 1.165) is 17.9 Å². The van der Waals surface area contributed by atoms with Crippen LogP contribution in [0.4, 0.5) is 5.82 Å². The molecule has 1 aromatic heterocycles. The van der Waals surface area contributed by atoms with Crippen LogP contribution in [0.3, 0.4) is 0 Å². The predicted octanol–water partition coefficient (Wildman–Crippen LogP) is 3.49. The number of fused-ring (bicyclic) bond motifs is 1. The Labute approximate surface area is 165 Å². The molecule has 1 aliphatic rings. The van der Waals surface area contributed by atoms with Gasteiger partial charge in [-0.1, -0.05) is 38.1 Å². The summed E-state index contributed by atoms with van der Waals surface area (Å²) in [6.45, 7) is 6.17. The molecule has 0 saturated carbocycles. The highest BCUT2D eigenvalue weighted by atomic mass is 16.5. The summed E-state index contributed by atoms with van der Waals surface area (Å²) in [4.78, 5) is 35.7. The second-order valence-electron chi connectivity index (χ2n) is 7.11. The number of amides is 2. The van der Waals surface area contributed by atoms with Gasteiger partial charge in [0.1, 0.15) is 5.82 Å². The first kappa shape index (κ1) is 19.9. The molecule has 0 N–H and O–H groups in total. The van der Waals surface area contributed by atoms with Crippen LogP contribution in [0.5, 0.6) is 0 Å². The molecule has 0 saturated heterocycles. The summed E-state index contributed by atoms with van der Waals surface area (Å²) in [5.41, 5.74) is 1.19. The average molecular weight is 379 g/mol. The summed E-state index contributed by atoms with van der Waals surface area (Å²) >= 11 is 0. The van der Waals surface area contributed by atoms with Crippen molar-refractivity contribution in [2.75, 3.05) is 24.7 Å². The molecule has 0 aliphatic carbocycles. The van der Waals surface area contributed by atoms with Crippen LogP contribution in [0.25, 0.3) is 0 Å². The minimum atomic E-state index is -0.604. The molecule has 0 spiro atoms. The quantitative estimate of drug-likeness (QED) is 0.400. The van der Waals surface area contributed by atoms with Crippen LogP contribution < -0.4 is 4.90 Å². The zero-order valence-electron chi connectivity index (χ0n) is 16.2. The molecule has 3 rings (SSSR count). The number of imide groups is 1. The van der Waals surface area contributed by atoms with E-state index in [9.17, 15) is 9.59 Å². The molecule has 2 aromatic rings. The molecule has 0 radical (unpaired) electrons.